The normalized spacial score (nSPS) is 17.7. The molecule has 170 valence electrons. The molecule has 0 spiro atoms. The lowest BCUT2D eigenvalue weighted by atomic mass is 9.98. The average molecular weight is 422 g/mol. The summed E-state index contributed by atoms with van der Waals surface area (Å²) in [5, 5.41) is 10.9. The van der Waals surface area contributed by atoms with Crippen LogP contribution in [0.15, 0.2) is 9.52 Å². The maximum atomic E-state index is 12.4. The van der Waals surface area contributed by atoms with Crippen LogP contribution < -0.4 is 10.6 Å². The van der Waals surface area contributed by atoms with Crippen LogP contribution in [0.5, 0.6) is 0 Å². The molecule has 2 rings (SSSR count). The minimum absolute atomic E-state index is 0.223. The average Bonchev–Trinajstić information content (AvgIpc) is 3.11. The molecule has 1 atom stereocenters. The summed E-state index contributed by atoms with van der Waals surface area (Å²) >= 11 is 0. The van der Waals surface area contributed by atoms with Gasteiger partial charge in [0, 0.05) is 38.2 Å². The van der Waals surface area contributed by atoms with Gasteiger partial charge < -0.3 is 24.8 Å². The summed E-state index contributed by atoms with van der Waals surface area (Å²) in [4.78, 5) is 19.0. The third kappa shape index (κ3) is 7.22. The number of likely N-dealkylation sites (tertiary alicyclic amines) is 1. The Balaban J connectivity index is 1.94. The lowest BCUT2D eigenvalue weighted by Crippen LogP contribution is -2.47. The SMILES string of the molecule is CCNC(=NCc1c(CC)noc1CC)NCC1CCCN(C(=O)OC(C)(C)C)C1. The zero-order valence-electron chi connectivity index (χ0n) is 19.5. The molecule has 0 bridgehead atoms. The van der Waals surface area contributed by atoms with Gasteiger partial charge in [-0.2, -0.15) is 0 Å². The maximum absolute atomic E-state index is 12.4. The van der Waals surface area contributed by atoms with E-state index < -0.39 is 5.60 Å². The first-order valence-corrected chi connectivity index (χ1v) is 11.2. The fourth-order valence-electron chi connectivity index (χ4n) is 3.58. The van der Waals surface area contributed by atoms with Crippen LogP contribution in [-0.4, -0.2) is 53.9 Å². The number of aliphatic imine (C=N–C) groups is 1. The molecule has 1 aliphatic heterocycles. The summed E-state index contributed by atoms with van der Waals surface area (Å²) in [5.74, 6) is 2.05. The Morgan fingerprint density at radius 3 is 2.67 bits per heavy atom. The molecule has 1 aliphatic rings. The van der Waals surface area contributed by atoms with Crippen molar-refractivity contribution in [1.29, 1.82) is 0 Å². The predicted octanol–water partition coefficient (Wildman–Crippen LogP) is 3.50. The summed E-state index contributed by atoms with van der Waals surface area (Å²) in [6, 6.07) is 0. The van der Waals surface area contributed by atoms with Crippen molar-refractivity contribution in [3.8, 4) is 0 Å². The zero-order valence-corrected chi connectivity index (χ0v) is 19.5. The topological polar surface area (TPSA) is 92.0 Å². The number of amides is 1. The molecule has 1 aromatic rings. The van der Waals surface area contributed by atoms with E-state index in [1.54, 1.807) is 0 Å². The van der Waals surface area contributed by atoms with Crippen molar-refractivity contribution >= 4 is 12.1 Å². The smallest absolute Gasteiger partial charge is 0.410 e. The highest BCUT2D eigenvalue weighted by molar-refractivity contribution is 5.79. The first-order chi connectivity index (χ1) is 14.3. The lowest BCUT2D eigenvalue weighted by Gasteiger charge is -2.34. The standard InChI is InChI=1S/C22H39N5O3/c1-7-18-17(19(8-2)30-26-18)14-25-20(23-9-3)24-13-16-11-10-12-27(15-16)21(28)29-22(4,5)6/h16H,7-15H2,1-6H3,(H2,23,24,25). The Labute approximate surface area is 180 Å². The molecule has 2 heterocycles. The number of rotatable bonds is 7. The highest BCUT2D eigenvalue weighted by atomic mass is 16.6. The highest BCUT2D eigenvalue weighted by Crippen LogP contribution is 2.19. The second kappa shape index (κ2) is 11.2. The van der Waals surface area contributed by atoms with Crippen LogP contribution in [-0.2, 0) is 24.1 Å². The zero-order chi connectivity index (χ0) is 22.1. The van der Waals surface area contributed by atoms with Gasteiger partial charge in [-0.3, -0.25) is 0 Å². The number of guanidine groups is 1. The summed E-state index contributed by atoms with van der Waals surface area (Å²) in [7, 11) is 0. The number of carbonyl (C=O) groups is 1. The first kappa shape index (κ1) is 24.0. The van der Waals surface area contributed by atoms with Gasteiger partial charge in [-0.05, 0) is 52.9 Å². The summed E-state index contributed by atoms with van der Waals surface area (Å²) in [6.45, 7) is 15.4. The minimum atomic E-state index is -0.468. The van der Waals surface area contributed by atoms with Gasteiger partial charge in [0.25, 0.3) is 0 Å². The van der Waals surface area contributed by atoms with Crippen molar-refractivity contribution in [2.75, 3.05) is 26.2 Å². The van der Waals surface area contributed by atoms with Gasteiger partial charge in [-0.25, -0.2) is 9.79 Å². The van der Waals surface area contributed by atoms with Crippen LogP contribution in [0.3, 0.4) is 0 Å². The summed E-state index contributed by atoms with van der Waals surface area (Å²) < 4.78 is 11.0. The third-order valence-corrected chi connectivity index (χ3v) is 5.08. The fraction of sp³-hybridized carbons (Fsp3) is 0.773. The Hall–Kier alpha value is -2.25. The molecule has 0 radical (unpaired) electrons. The molecule has 1 amide bonds. The molecular formula is C22H39N5O3. The third-order valence-electron chi connectivity index (χ3n) is 5.08. The van der Waals surface area contributed by atoms with Gasteiger partial charge in [0.15, 0.2) is 5.96 Å². The Bertz CT molecular complexity index is 687. The van der Waals surface area contributed by atoms with Gasteiger partial charge in [0.05, 0.1) is 12.2 Å². The number of aryl methyl sites for hydroxylation is 2. The van der Waals surface area contributed by atoms with Crippen LogP contribution >= 0.6 is 0 Å². The van der Waals surface area contributed by atoms with E-state index in [9.17, 15) is 4.79 Å². The Morgan fingerprint density at radius 1 is 1.27 bits per heavy atom. The van der Waals surface area contributed by atoms with Crippen LogP contribution in [0, 0.1) is 5.92 Å². The number of ether oxygens (including phenoxy) is 1. The number of piperidine rings is 1. The number of hydrogen-bond acceptors (Lipinski definition) is 5. The highest BCUT2D eigenvalue weighted by Gasteiger charge is 2.27. The molecule has 1 saturated heterocycles. The molecule has 1 unspecified atom stereocenters. The van der Waals surface area contributed by atoms with Crippen molar-refractivity contribution in [2.45, 2.75) is 79.4 Å². The second-order valence-corrected chi connectivity index (χ2v) is 8.75. The van der Waals surface area contributed by atoms with Gasteiger partial charge in [-0.1, -0.05) is 19.0 Å². The van der Waals surface area contributed by atoms with Crippen molar-refractivity contribution < 1.29 is 14.1 Å². The van der Waals surface area contributed by atoms with Gasteiger partial charge in [-0.15, -0.1) is 0 Å². The molecule has 0 saturated carbocycles. The second-order valence-electron chi connectivity index (χ2n) is 8.75. The molecule has 8 nitrogen and oxygen atoms in total. The van der Waals surface area contributed by atoms with Crippen molar-refractivity contribution in [3.05, 3.63) is 17.0 Å². The van der Waals surface area contributed by atoms with E-state index in [0.717, 1.165) is 68.3 Å². The van der Waals surface area contributed by atoms with Crippen molar-refractivity contribution in [2.24, 2.45) is 10.9 Å². The number of aromatic nitrogens is 1. The minimum Gasteiger partial charge on any atom is -0.444 e. The van der Waals surface area contributed by atoms with Crippen molar-refractivity contribution in [3.63, 3.8) is 0 Å². The quantitative estimate of drug-likeness (QED) is 0.517. The largest absolute Gasteiger partial charge is 0.444 e. The molecule has 1 aromatic heterocycles. The fourth-order valence-corrected chi connectivity index (χ4v) is 3.58. The van der Waals surface area contributed by atoms with E-state index in [1.807, 2.05) is 25.7 Å². The summed E-state index contributed by atoms with van der Waals surface area (Å²) in [5.41, 5.74) is 1.60. The Kier molecular flexibility index (Phi) is 8.99. The van der Waals surface area contributed by atoms with Crippen molar-refractivity contribution in [1.82, 2.24) is 20.7 Å². The van der Waals surface area contributed by atoms with Crippen LogP contribution in [0.4, 0.5) is 4.79 Å². The number of carbonyl (C=O) groups excluding carboxylic acids is 1. The van der Waals surface area contributed by atoms with Crippen LogP contribution in [0.2, 0.25) is 0 Å². The Morgan fingerprint density at radius 2 is 2.03 bits per heavy atom. The van der Waals surface area contributed by atoms with E-state index in [4.69, 9.17) is 14.3 Å². The molecule has 8 heteroatoms. The lowest BCUT2D eigenvalue weighted by molar-refractivity contribution is 0.0168. The molecule has 0 aliphatic carbocycles. The van der Waals surface area contributed by atoms with E-state index >= 15 is 0 Å². The molecule has 0 aromatic carbocycles. The van der Waals surface area contributed by atoms with Gasteiger partial charge >= 0.3 is 6.09 Å². The van der Waals surface area contributed by atoms with E-state index in [0.29, 0.717) is 19.0 Å². The number of nitrogens with zero attached hydrogens (tertiary/aromatic N) is 3. The number of hydrogen-bond donors (Lipinski definition) is 2. The first-order valence-electron chi connectivity index (χ1n) is 11.2. The van der Waals surface area contributed by atoms with E-state index in [-0.39, 0.29) is 6.09 Å². The van der Waals surface area contributed by atoms with Gasteiger partial charge in [0.1, 0.15) is 11.4 Å². The van der Waals surface area contributed by atoms with E-state index in [2.05, 4.69) is 36.6 Å². The number of nitrogens with one attached hydrogen (secondary N) is 2. The predicted molar refractivity (Wildman–Crippen MR) is 119 cm³/mol. The van der Waals surface area contributed by atoms with Crippen LogP contribution in [0.1, 0.15) is 71.4 Å². The van der Waals surface area contributed by atoms with Gasteiger partial charge in [0.2, 0.25) is 0 Å². The molecule has 30 heavy (non-hydrogen) atoms. The van der Waals surface area contributed by atoms with E-state index in [1.165, 1.54) is 0 Å². The summed E-state index contributed by atoms with van der Waals surface area (Å²) in [6.07, 6.45) is 3.49. The van der Waals surface area contributed by atoms with Crippen LogP contribution in [0.25, 0.3) is 0 Å². The molecule has 2 N–H and O–H groups in total. The monoisotopic (exact) mass is 421 g/mol. The molecule has 1 fully saturated rings. The molecular weight excluding hydrogens is 382 g/mol. The maximum Gasteiger partial charge on any atom is 0.410 e.